The second-order valence-corrected chi connectivity index (χ2v) is 5.63. The summed E-state index contributed by atoms with van der Waals surface area (Å²) in [4.78, 5) is 12.0. The van der Waals surface area contributed by atoms with Crippen LogP contribution < -0.4 is 10.9 Å². The van der Waals surface area contributed by atoms with E-state index in [0.29, 0.717) is 0 Å². The van der Waals surface area contributed by atoms with E-state index in [9.17, 15) is 4.79 Å². The average molecular weight is 305 g/mol. The summed E-state index contributed by atoms with van der Waals surface area (Å²) < 4.78 is 1.36. The van der Waals surface area contributed by atoms with E-state index >= 15 is 0 Å². The van der Waals surface area contributed by atoms with Gasteiger partial charge in [0.05, 0.1) is 5.69 Å². The highest BCUT2D eigenvalue weighted by Gasteiger charge is 2.12. The van der Waals surface area contributed by atoms with E-state index in [-0.39, 0.29) is 5.56 Å². The van der Waals surface area contributed by atoms with Crippen LogP contribution in [0.15, 0.2) is 59.4 Å². The summed E-state index contributed by atoms with van der Waals surface area (Å²) in [6.45, 7) is 4.10. The zero-order valence-electron chi connectivity index (χ0n) is 13.5. The highest BCUT2D eigenvalue weighted by Crippen LogP contribution is 2.29. The van der Waals surface area contributed by atoms with Gasteiger partial charge in [-0.1, -0.05) is 48.5 Å². The lowest BCUT2D eigenvalue weighted by atomic mass is 10.1. The van der Waals surface area contributed by atoms with Crippen molar-refractivity contribution in [1.82, 2.24) is 9.78 Å². The highest BCUT2D eigenvalue weighted by atomic mass is 16.1. The molecular weight excluding hydrogens is 286 g/mol. The van der Waals surface area contributed by atoms with Gasteiger partial charge in [0.1, 0.15) is 5.69 Å². The fraction of sp³-hybridized carbons (Fsp3) is 0.158. The van der Waals surface area contributed by atoms with Crippen LogP contribution in [0.1, 0.15) is 11.1 Å². The standard InChI is InChI=1S/C19H19N3O/c1-13-8-7-9-14(2)18(13)20-16-12-17(23)22(3)21-19(16)15-10-5-4-6-11-15/h4-12,20H,1-3H3. The van der Waals surface area contributed by atoms with E-state index < -0.39 is 0 Å². The molecule has 1 N–H and O–H groups in total. The molecule has 0 atom stereocenters. The van der Waals surface area contributed by atoms with Gasteiger partial charge in [-0.05, 0) is 25.0 Å². The predicted molar refractivity (Wildman–Crippen MR) is 94.1 cm³/mol. The smallest absolute Gasteiger partial charge is 0.268 e. The van der Waals surface area contributed by atoms with E-state index in [1.165, 1.54) is 4.68 Å². The summed E-state index contributed by atoms with van der Waals surface area (Å²) in [7, 11) is 1.66. The summed E-state index contributed by atoms with van der Waals surface area (Å²) >= 11 is 0. The van der Waals surface area contributed by atoms with Gasteiger partial charge in [-0.15, -0.1) is 0 Å². The Morgan fingerprint density at radius 2 is 1.61 bits per heavy atom. The molecule has 23 heavy (non-hydrogen) atoms. The van der Waals surface area contributed by atoms with Crippen molar-refractivity contribution in [2.75, 3.05) is 5.32 Å². The van der Waals surface area contributed by atoms with Crippen LogP contribution in [0.5, 0.6) is 0 Å². The second kappa shape index (κ2) is 6.08. The number of rotatable bonds is 3. The first-order valence-electron chi connectivity index (χ1n) is 7.53. The van der Waals surface area contributed by atoms with E-state index in [1.807, 2.05) is 62.4 Å². The summed E-state index contributed by atoms with van der Waals surface area (Å²) in [6.07, 6.45) is 0. The molecule has 0 aliphatic rings. The van der Waals surface area contributed by atoms with Gasteiger partial charge in [-0.2, -0.15) is 5.10 Å². The van der Waals surface area contributed by atoms with Crippen molar-refractivity contribution in [2.45, 2.75) is 13.8 Å². The number of para-hydroxylation sites is 1. The van der Waals surface area contributed by atoms with Crippen LogP contribution in [-0.2, 0) is 7.05 Å². The molecule has 0 spiro atoms. The Kier molecular flexibility index (Phi) is 3.98. The maximum atomic E-state index is 12.0. The molecule has 2 aromatic carbocycles. The fourth-order valence-electron chi connectivity index (χ4n) is 2.59. The summed E-state index contributed by atoms with van der Waals surface area (Å²) in [5.41, 5.74) is 5.58. The molecule has 3 rings (SSSR count). The van der Waals surface area contributed by atoms with Crippen LogP contribution in [0.3, 0.4) is 0 Å². The Hall–Kier alpha value is -2.88. The van der Waals surface area contributed by atoms with Gasteiger partial charge in [-0.3, -0.25) is 4.79 Å². The Morgan fingerprint density at radius 3 is 2.26 bits per heavy atom. The molecule has 1 aromatic heterocycles. The molecule has 116 valence electrons. The lowest BCUT2D eigenvalue weighted by Gasteiger charge is -2.16. The van der Waals surface area contributed by atoms with Crippen LogP contribution in [0, 0.1) is 13.8 Å². The van der Waals surface area contributed by atoms with E-state index in [4.69, 9.17) is 0 Å². The molecule has 3 aromatic rings. The lowest BCUT2D eigenvalue weighted by Crippen LogP contribution is -2.20. The molecule has 1 heterocycles. The van der Waals surface area contributed by atoms with E-state index in [0.717, 1.165) is 33.8 Å². The van der Waals surface area contributed by atoms with E-state index in [2.05, 4.69) is 10.4 Å². The zero-order valence-corrected chi connectivity index (χ0v) is 13.5. The molecule has 0 radical (unpaired) electrons. The van der Waals surface area contributed by atoms with Crippen LogP contribution in [-0.4, -0.2) is 9.78 Å². The van der Waals surface area contributed by atoms with Crippen LogP contribution in [0.4, 0.5) is 11.4 Å². The third-order valence-corrected chi connectivity index (χ3v) is 3.88. The van der Waals surface area contributed by atoms with Gasteiger partial charge in [0.25, 0.3) is 5.56 Å². The fourth-order valence-corrected chi connectivity index (χ4v) is 2.59. The Balaban J connectivity index is 2.15. The van der Waals surface area contributed by atoms with Crippen molar-refractivity contribution in [2.24, 2.45) is 7.05 Å². The summed E-state index contributed by atoms with van der Waals surface area (Å²) in [5.74, 6) is 0. The summed E-state index contributed by atoms with van der Waals surface area (Å²) in [5, 5.41) is 7.84. The highest BCUT2D eigenvalue weighted by molar-refractivity contribution is 5.79. The van der Waals surface area contributed by atoms with Crippen LogP contribution >= 0.6 is 0 Å². The van der Waals surface area contributed by atoms with Gasteiger partial charge in [0.2, 0.25) is 0 Å². The number of aromatic nitrogens is 2. The molecule has 0 aliphatic heterocycles. The monoisotopic (exact) mass is 305 g/mol. The molecule has 0 fully saturated rings. The van der Waals surface area contributed by atoms with Crippen molar-refractivity contribution in [3.63, 3.8) is 0 Å². The van der Waals surface area contributed by atoms with Crippen molar-refractivity contribution in [3.8, 4) is 11.3 Å². The molecule has 4 heteroatoms. The number of hydrogen-bond acceptors (Lipinski definition) is 3. The average Bonchev–Trinajstić information content (AvgIpc) is 2.55. The number of aryl methyl sites for hydroxylation is 3. The third-order valence-electron chi connectivity index (χ3n) is 3.88. The Labute approximate surface area is 135 Å². The quantitative estimate of drug-likeness (QED) is 0.800. The number of nitrogens with zero attached hydrogens (tertiary/aromatic N) is 2. The minimum Gasteiger partial charge on any atom is -0.353 e. The normalized spacial score (nSPS) is 10.6. The molecule has 0 saturated heterocycles. The molecular formula is C19H19N3O. The van der Waals surface area contributed by atoms with Gasteiger partial charge in [-0.25, -0.2) is 4.68 Å². The maximum absolute atomic E-state index is 12.0. The largest absolute Gasteiger partial charge is 0.353 e. The predicted octanol–water partition coefficient (Wildman–Crippen LogP) is 3.81. The molecule has 0 amide bonds. The van der Waals surface area contributed by atoms with Gasteiger partial charge < -0.3 is 5.32 Å². The first-order chi connectivity index (χ1) is 11.1. The number of anilines is 2. The molecule has 0 bridgehead atoms. The lowest BCUT2D eigenvalue weighted by molar-refractivity contribution is 0.713. The summed E-state index contributed by atoms with van der Waals surface area (Å²) in [6, 6.07) is 17.6. The van der Waals surface area contributed by atoms with Crippen molar-refractivity contribution >= 4 is 11.4 Å². The minimum absolute atomic E-state index is 0.140. The van der Waals surface area contributed by atoms with Crippen molar-refractivity contribution in [1.29, 1.82) is 0 Å². The van der Waals surface area contributed by atoms with E-state index in [1.54, 1.807) is 13.1 Å². The zero-order chi connectivity index (χ0) is 16.4. The van der Waals surface area contributed by atoms with Crippen LogP contribution in [0.25, 0.3) is 11.3 Å². The van der Waals surface area contributed by atoms with Gasteiger partial charge in [0, 0.05) is 24.4 Å². The van der Waals surface area contributed by atoms with Crippen LogP contribution in [0.2, 0.25) is 0 Å². The maximum Gasteiger partial charge on any atom is 0.268 e. The number of hydrogen-bond donors (Lipinski definition) is 1. The SMILES string of the molecule is Cc1cccc(C)c1Nc1cc(=O)n(C)nc1-c1ccccc1. The number of nitrogens with one attached hydrogen (secondary N) is 1. The second-order valence-electron chi connectivity index (χ2n) is 5.63. The minimum atomic E-state index is -0.140. The first kappa shape index (κ1) is 15.0. The Bertz CT molecular complexity index is 878. The van der Waals surface area contributed by atoms with Crippen molar-refractivity contribution in [3.05, 3.63) is 76.1 Å². The number of benzene rings is 2. The van der Waals surface area contributed by atoms with Gasteiger partial charge >= 0.3 is 0 Å². The molecule has 0 saturated carbocycles. The molecule has 4 nitrogen and oxygen atoms in total. The first-order valence-corrected chi connectivity index (χ1v) is 7.53. The molecule has 0 unspecified atom stereocenters. The van der Waals surface area contributed by atoms with Gasteiger partial charge in [0.15, 0.2) is 0 Å². The Morgan fingerprint density at radius 1 is 0.957 bits per heavy atom. The topological polar surface area (TPSA) is 46.9 Å². The third kappa shape index (κ3) is 3.01. The molecule has 0 aliphatic carbocycles. The van der Waals surface area contributed by atoms with Crippen molar-refractivity contribution < 1.29 is 0 Å².